The van der Waals surface area contributed by atoms with Crippen LogP contribution in [0.5, 0.6) is 0 Å². The van der Waals surface area contributed by atoms with Crippen LogP contribution in [-0.4, -0.2) is 10.2 Å². The second kappa shape index (κ2) is 5.12. The number of nitrogens with one attached hydrogen (secondary N) is 1. The highest BCUT2D eigenvalue weighted by atomic mass is 35.5. The molecule has 0 amide bonds. The number of aromatic nitrogens is 2. The summed E-state index contributed by atoms with van der Waals surface area (Å²) >= 11 is 17.5. The van der Waals surface area contributed by atoms with Crippen LogP contribution in [0.25, 0.3) is 0 Å². The lowest BCUT2D eigenvalue weighted by atomic mass is 10.3. The maximum absolute atomic E-state index is 5.86. The fourth-order valence-corrected chi connectivity index (χ4v) is 1.81. The van der Waals surface area contributed by atoms with Crippen molar-refractivity contribution in [2.24, 2.45) is 0 Å². The van der Waals surface area contributed by atoms with Crippen molar-refractivity contribution >= 4 is 46.5 Å². The molecule has 0 bridgehead atoms. The lowest BCUT2D eigenvalue weighted by molar-refractivity contribution is 0.510. The molecule has 0 fully saturated rings. The minimum absolute atomic E-state index is 0.242. The van der Waals surface area contributed by atoms with E-state index in [0.29, 0.717) is 21.6 Å². The zero-order valence-corrected chi connectivity index (χ0v) is 11.0. The lowest BCUT2D eigenvalue weighted by Gasteiger charge is -2.02. The van der Waals surface area contributed by atoms with Crippen LogP contribution in [0.4, 0.5) is 11.7 Å². The fraction of sp³-hybridized carbons (Fsp3) is 0.200. The predicted molar refractivity (Wildman–Crippen MR) is 68.3 cm³/mol. The Balaban J connectivity index is 2.19. The second-order valence-electron chi connectivity index (χ2n) is 3.34. The number of benzene rings is 1. The smallest absolute Gasteiger partial charge is 0.320 e. The SMILES string of the molecule is CC(Cl)c1nnc(Nc2cc(Cl)cc(Cl)c2)o1. The first-order valence-electron chi connectivity index (χ1n) is 4.75. The second-order valence-corrected chi connectivity index (χ2v) is 4.87. The van der Waals surface area contributed by atoms with Crippen molar-refractivity contribution in [3.8, 4) is 0 Å². The van der Waals surface area contributed by atoms with E-state index in [1.165, 1.54) is 0 Å². The summed E-state index contributed by atoms with van der Waals surface area (Å²) in [5, 5.41) is 11.2. The molecule has 4 nitrogen and oxygen atoms in total. The maximum Gasteiger partial charge on any atom is 0.320 e. The molecule has 7 heteroatoms. The first kappa shape index (κ1) is 12.5. The van der Waals surface area contributed by atoms with Gasteiger partial charge in [-0.2, -0.15) is 0 Å². The van der Waals surface area contributed by atoms with E-state index >= 15 is 0 Å². The summed E-state index contributed by atoms with van der Waals surface area (Å²) in [6.45, 7) is 1.75. The summed E-state index contributed by atoms with van der Waals surface area (Å²) in [5.74, 6) is 0.349. The van der Waals surface area contributed by atoms with Gasteiger partial charge in [0.2, 0.25) is 5.89 Å². The average molecular weight is 293 g/mol. The lowest BCUT2D eigenvalue weighted by Crippen LogP contribution is -1.90. The van der Waals surface area contributed by atoms with Gasteiger partial charge in [-0.1, -0.05) is 28.3 Å². The number of hydrogen-bond donors (Lipinski definition) is 1. The highest BCUT2D eigenvalue weighted by Crippen LogP contribution is 2.26. The van der Waals surface area contributed by atoms with Crippen molar-refractivity contribution in [3.05, 3.63) is 34.1 Å². The van der Waals surface area contributed by atoms with E-state index in [1.54, 1.807) is 25.1 Å². The molecule has 1 unspecified atom stereocenters. The minimum Gasteiger partial charge on any atom is -0.406 e. The molecular weight excluding hydrogens is 284 g/mol. The summed E-state index contributed by atoms with van der Waals surface area (Å²) < 4.78 is 5.28. The molecule has 0 radical (unpaired) electrons. The number of rotatable bonds is 3. The standard InChI is InChI=1S/C10H8Cl3N3O/c1-5(11)9-15-16-10(17-9)14-8-3-6(12)2-7(13)4-8/h2-5H,1H3,(H,14,16). The van der Waals surface area contributed by atoms with Gasteiger partial charge in [-0.3, -0.25) is 0 Å². The average Bonchev–Trinajstić information content (AvgIpc) is 2.64. The Labute approximate surface area is 113 Å². The molecule has 1 N–H and O–H groups in total. The Hall–Kier alpha value is -0.970. The van der Waals surface area contributed by atoms with E-state index in [4.69, 9.17) is 39.2 Å². The number of nitrogens with zero attached hydrogens (tertiary/aromatic N) is 2. The van der Waals surface area contributed by atoms with Gasteiger partial charge in [-0.25, -0.2) is 0 Å². The zero-order chi connectivity index (χ0) is 12.4. The number of anilines is 2. The van der Waals surface area contributed by atoms with Crippen molar-refractivity contribution in [1.82, 2.24) is 10.2 Å². The third-order valence-corrected chi connectivity index (χ3v) is 2.52. The van der Waals surface area contributed by atoms with Crippen LogP contribution < -0.4 is 5.32 Å². The van der Waals surface area contributed by atoms with Crippen LogP contribution in [0.15, 0.2) is 22.6 Å². The Morgan fingerprint density at radius 1 is 1.18 bits per heavy atom. The minimum atomic E-state index is -0.332. The van der Waals surface area contributed by atoms with Crippen LogP contribution in [0.2, 0.25) is 10.0 Å². The molecule has 0 aliphatic carbocycles. The number of halogens is 3. The molecule has 1 aromatic carbocycles. The normalized spacial score (nSPS) is 12.5. The number of alkyl halides is 1. The Bertz CT molecular complexity index is 507. The van der Waals surface area contributed by atoms with Crippen molar-refractivity contribution in [2.45, 2.75) is 12.3 Å². The van der Waals surface area contributed by atoms with E-state index in [9.17, 15) is 0 Å². The van der Waals surface area contributed by atoms with Crippen molar-refractivity contribution in [2.75, 3.05) is 5.32 Å². The summed E-state index contributed by atoms with van der Waals surface area (Å²) in [7, 11) is 0. The Morgan fingerprint density at radius 2 is 1.82 bits per heavy atom. The first-order valence-corrected chi connectivity index (χ1v) is 5.94. The molecule has 90 valence electrons. The third-order valence-electron chi connectivity index (χ3n) is 1.89. The van der Waals surface area contributed by atoms with Crippen LogP contribution in [0.3, 0.4) is 0 Å². The quantitative estimate of drug-likeness (QED) is 0.851. The molecule has 1 atom stereocenters. The Morgan fingerprint density at radius 3 is 2.35 bits per heavy atom. The van der Waals surface area contributed by atoms with Gasteiger partial charge >= 0.3 is 6.01 Å². The highest BCUT2D eigenvalue weighted by molar-refractivity contribution is 6.35. The van der Waals surface area contributed by atoms with Crippen LogP contribution in [-0.2, 0) is 0 Å². The molecule has 0 aliphatic heterocycles. The van der Waals surface area contributed by atoms with Gasteiger partial charge in [0, 0.05) is 15.7 Å². The fourth-order valence-electron chi connectivity index (χ4n) is 1.20. The zero-order valence-electron chi connectivity index (χ0n) is 8.75. The monoisotopic (exact) mass is 291 g/mol. The van der Waals surface area contributed by atoms with E-state index < -0.39 is 0 Å². The predicted octanol–water partition coefficient (Wildman–Crippen LogP) is 4.42. The van der Waals surface area contributed by atoms with Gasteiger partial charge in [0.25, 0.3) is 0 Å². The van der Waals surface area contributed by atoms with Gasteiger partial charge in [0.15, 0.2) is 0 Å². The van der Waals surface area contributed by atoms with Crippen LogP contribution in [0, 0.1) is 0 Å². The summed E-state index contributed by atoms with van der Waals surface area (Å²) in [6.07, 6.45) is 0. The molecule has 1 aromatic heterocycles. The van der Waals surface area contributed by atoms with Gasteiger partial charge < -0.3 is 9.73 Å². The first-order chi connectivity index (χ1) is 8.04. The molecule has 0 saturated carbocycles. The number of hydrogen-bond acceptors (Lipinski definition) is 4. The van der Waals surface area contributed by atoms with Gasteiger partial charge in [-0.05, 0) is 25.1 Å². The van der Waals surface area contributed by atoms with Crippen molar-refractivity contribution in [1.29, 1.82) is 0 Å². The summed E-state index contributed by atoms with van der Waals surface area (Å²) in [5.41, 5.74) is 0.667. The molecular formula is C10H8Cl3N3O. The summed E-state index contributed by atoms with van der Waals surface area (Å²) in [6, 6.07) is 5.27. The molecule has 0 aliphatic rings. The summed E-state index contributed by atoms with van der Waals surface area (Å²) in [4.78, 5) is 0. The van der Waals surface area contributed by atoms with Crippen molar-refractivity contribution < 1.29 is 4.42 Å². The molecule has 2 rings (SSSR count). The van der Waals surface area contributed by atoms with Gasteiger partial charge in [-0.15, -0.1) is 16.7 Å². The third kappa shape index (κ3) is 3.25. The molecule has 2 aromatic rings. The highest BCUT2D eigenvalue weighted by Gasteiger charge is 2.11. The van der Waals surface area contributed by atoms with Gasteiger partial charge in [0.1, 0.15) is 5.38 Å². The van der Waals surface area contributed by atoms with E-state index in [-0.39, 0.29) is 11.4 Å². The van der Waals surface area contributed by atoms with E-state index in [2.05, 4.69) is 15.5 Å². The molecule has 0 saturated heterocycles. The Kier molecular flexibility index (Phi) is 3.76. The van der Waals surface area contributed by atoms with Crippen molar-refractivity contribution in [3.63, 3.8) is 0 Å². The topological polar surface area (TPSA) is 51.0 Å². The molecule has 0 spiro atoms. The molecule has 1 heterocycles. The van der Waals surface area contributed by atoms with Crippen LogP contribution in [0.1, 0.15) is 18.2 Å². The molecule has 17 heavy (non-hydrogen) atoms. The maximum atomic E-state index is 5.86. The van der Waals surface area contributed by atoms with E-state index in [0.717, 1.165) is 0 Å². The largest absolute Gasteiger partial charge is 0.406 e. The van der Waals surface area contributed by atoms with Crippen LogP contribution >= 0.6 is 34.8 Å². The van der Waals surface area contributed by atoms with E-state index in [1.807, 2.05) is 0 Å². The van der Waals surface area contributed by atoms with Gasteiger partial charge in [0.05, 0.1) is 0 Å².